The van der Waals surface area contributed by atoms with E-state index in [1.807, 2.05) is 19.1 Å². The van der Waals surface area contributed by atoms with Crippen molar-refractivity contribution in [2.45, 2.75) is 65.2 Å². The SMILES string of the molecule is CCCC1CCC(CCCOc2ccc(C(=O)OCC)cc2)CC1. The van der Waals surface area contributed by atoms with E-state index >= 15 is 0 Å². The third-order valence-corrected chi connectivity index (χ3v) is 5.05. The van der Waals surface area contributed by atoms with Crippen LogP contribution in [0.5, 0.6) is 5.75 Å². The molecular weight excluding hydrogens is 300 g/mol. The maximum atomic E-state index is 11.6. The second-order valence-electron chi connectivity index (χ2n) is 6.91. The number of hydrogen-bond acceptors (Lipinski definition) is 3. The van der Waals surface area contributed by atoms with Crippen LogP contribution >= 0.6 is 0 Å². The van der Waals surface area contributed by atoms with E-state index < -0.39 is 0 Å². The summed E-state index contributed by atoms with van der Waals surface area (Å²) in [7, 11) is 0. The quantitative estimate of drug-likeness (QED) is 0.434. The predicted octanol–water partition coefficient (Wildman–Crippen LogP) is 5.63. The van der Waals surface area contributed by atoms with Crippen molar-refractivity contribution >= 4 is 5.97 Å². The van der Waals surface area contributed by atoms with Gasteiger partial charge in [-0.3, -0.25) is 0 Å². The van der Waals surface area contributed by atoms with Crippen LogP contribution in [0.4, 0.5) is 0 Å². The van der Waals surface area contributed by atoms with Crippen LogP contribution < -0.4 is 4.74 Å². The van der Waals surface area contributed by atoms with Crippen molar-refractivity contribution in [3.63, 3.8) is 0 Å². The van der Waals surface area contributed by atoms with Gasteiger partial charge in [-0.25, -0.2) is 4.79 Å². The summed E-state index contributed by atoms with van der Waals surface area (Å²) >= 11 is 0. The number of esters is 1. The minimum Gasteiger partial charge on any atom is -0.494 e. The van der Waals surface area contributed by atoms with Gasteiger partial charge in [0.05, 0.1) is 18.8 Å². The van der Waals surface area contributed by atoms with E-state index in [9.17, 15) is 4.79 Å². The second kappa shape index (κ2) is 10.4. The first-order valence-corrected chi connectivity index (χ1v) is 9.62. The molecule has 0 heterocycles. The van der Waals surface area contributed by atoms with Gasteiger partial charge >= 0.3 is 5.97 Å². The van der Waals surface area contributed by atoms with Crippen LogP contribution in [0.3, 0.4) is 0 Å². The molecule has 0 radical (unpaired) electrons. The van der Waals surface area contributed by atoms with Crippen LogP contribution in [-0.2, 0) is 4.74 Å². The zero-order valence-corrected chi connectivity index (χ0v) is 15.3. The van der Waals surface area contributed by atoms with Gasteiger partial charge in [0, 0.05) is 0 Å². The minimum absolute atomic E-state index is 0.275. The van der Waals surface area contributed by atoms with E-state index in [-0.39, 0.29) is 5.97 Å². The molecule has 0 saturated heterocycles. The molecular formula is C21H32O3. The van der Waals surface area contributed by atoms with Crippen molar-refractivity contribution in [3.8, 4) is 5.75 Å². The number of rotatable bonds is 9. The van der Waals surface area contributed by atoms with Crippen LogP contribution in [0, 0.1) is 11.8 Å². The van der Waals surface area contributed by atoms with E-state index in [1.165, 1.54) is 44.9 Å². The zero-order chi connectivity index (χ0) is 17.2. The van der Waals surface area contributed by atoms with E-state index in [4.69, 9.17) is 9.47 Å². The maximum Gasteiger partial charge on any atom is 0.338 e. The number of benzene rings is 1. The summed E-state index contributed by atoms with van der Waals surface area (Å²) in [6, 6.07) is 7.23. The fraction of sp³-hybridized carbons (Fsp3) is 0.667. The first-order chi connectivity index (χ1) is 11.7. The summed E-state index contributed by atoms with van der Waals surface area (Å²) in [5, 5.41) is 0. The summed E-state index contributed by atoms with van der Waals surface area (Å²) in [4.78, 5) is 11.6. The monoisotopic (exact) mass is 332 g/mol. The lowest BCUT2D eigenvalue weighted by molar-refractivity contribution is 0.0526. The molecule has 3 heteroatoms. The standard InChI is InChI=1S/C21H32O3/c1-3-6-17-8-10-18(11-9-17)7-5-16-24-20-14-12-19(13-15-20)21(22)23-4-2/h12-15,17-18H,3-11,16H2,1-2H3. The van der Waals surface area contributed by atoms with Crippen molar-refractivity contribution in [2.75, 3.05) is 13.2 Å². The highest BCUT2D eigenvalue weighted by molar-refractivity contribution is 5.89. The Kier molecular flexibility index (Phi) is 8.14. The van der Waals surface area contributed by atoms with Crippen molar-refractivity contribution in [1.82, 2.24) is 0 Å². The summed E-state index contributed by atoms with van der Waals surface area (Å²) < 4.78 is 10.8. The molecule has 0 spiro atoms. The Hall–Kier alpha value is -1.51. The largest absolute Gasteiger partial charge is 0.494 e. The van der Waals surface area contributed by atoms with Gasteiger partial charge in [-0.15, -0.1) is 0 Å². The molecule has 0 aliphatic heterocycles. The summed E-state index contributed by atoms with van der Waals surface area (Å²) in [6.07, 6.45) is 10.8. The molecule has 0 amide bonds. The highest BCUT2D eigenvalue weighted by atomic mass is 16.5. The van der Waals surface area contributed by atoms with Crippen molar-refractivity contribution in [2.24, 2.45) is 11.8 Å². The van der Waals surface area contributed by atoms with Gasteiger partial charge in [-0.05, 0) is 55.9 Å². The molecule has 0 N–H and O–H groups in total. The Morgan fingerprint density at radius 3 is 2.21 bits per heavy atom. The lowest BCUT2D eigenvalue weighted by Crippen LogP contribution is -2.15. The van der Waals surface area contributed by atoms with E-state index in [0.29, 0.717) is 12.2 Å². The molecule has 1 saturated carbocycles. The van der Waals surface area contributed by atoms with Gasteiger partial charge in [-0.1, -0.05) is 45.4 Å². The molecule has 1 aliphatic carbocycles. The van der Waals surface area contributed by atoms with E-state index in [2.05, 4.69) is 6.92 Å². The van der Waals surface area contributed by atoms with Gasteiger partial charge in [0.15, 0.2) is 0 Å². The number of carbonyl (C=O) groups is 1. The molecule has 1 aliphatic rings. The Morgan fingerprint density at radius 2 is 1.62 bits per heavy atom. The Labute approximate surface area is 146 Å². The molecule has 0 bridgehead atoms. The zero-order valence-electron chi connectivity index (χ0n) is 15.3. The average Bonchev–Trinajstić information content (AvgIpc) is 2.61. The van der Waals surface area contributed by atoms with Gasteiger partial charge < -0.3 is 9.47 Å². The molecule has 24 heavy (non-hydrogen) atoms. The summed E-state index contributed by atoms with van der Waals surface area (Å²) in [6.45, 7) is 5.26. The third kappa shape index (κ3) is 6.18. The van der Waals surface area contributed by atoms with Crippen molar-refractivity contribution in [1.29, 1.82) is 0 Å². The number of hydrogen-bond donors (Lipinski definition) is 0. The fourth-order valence-corrected chi connectivity index (χ4v) is 3.68. The molecule has 0 unspecified atom stereocenters. The predicted molar refractivity (Wildman–Crippen MR) is 97.5 cm³/mol. The molecule has 2 rings (SSSR count). The van der Waals surface area contributed by atoms with Crippen molar-refractivity contribution in [3.05, 3.63) is 29.8 Å². The summed E-state index contributed by atoms with van der Waals surface area (Å²) in [5.74, 6) is 2.44. The molecule has 3 nitrogen and oxygen atoms in total. The van der Waals surface area contributed by atoms with Crippen LogP contribution in [0.15, 0.2) is 24.3 Å². The molecule has 1 fully saturated rings. The molecule has 1 aromatic carbocycles. The molecule has 1 aromatic rings. The maximum absolute atomic E-state index is 11.6. The highest BCUT2D eigenvalue weighted by Crippen LogP contribution is 2.33. The smallest absolute Gasteiger partial charge is 0.338 e. The average molecular weight is 332 g/mol. The Bertz CT molecular complexity index is 472. The first-order valence-electron chi connectivity index (χ1n) is 9.62. The summed E-state index contributed by atoms with van der Waals surface area (Å²) in [5.41, 5.74) is 0.577. The Balaban J connectivity index is 1.62. The van der Waals surface area contributed by atoms with E-state index in [0.717, 1.165) is 30.6 Å². The first kappa shape index (κ1) is 18.8. The van der Waals surface area contributed by atoms with Crippen LogP contribution in [0.25, 0.3) is 0 Å². The third-order valence-electron chi connectivity index (χ3n) is 5.05. The van der Waals surface area contributed by atoms with E-state index in [1.54, 1.807) is 12.1 Å². The van der Waals surface area contributed by atoms with Crippen LogP contribution in [-0.4, -0.2) is 19.2 Å². The highest BCUT2D eigenvalue weighted by Gasteiger charge is 2.20. The second-order valence-corrected chi connectivity index (χ2v) is 6.91. The van der Waals surface area contributed by atoms with Gasteiger partial charge in [0.1, 0.15) is 5.75 Å². The van der Waals surface area contributed by atoms with Crippen molar-refractivity contribution < 1.29 is 14.3 Å². The van der Waals surface area contributed by atoms with Gasteiger partial charge in [-0.2, -0.15) is 0 Å². The topological polar surface area (TPSA) is 35.5 Å². The minimum atomic E-state index is -0.275. The lowest BCUT2D eigenvalue weighted by atomic mass is 9.78. The van der Waals surface area contributed by atoms with Crippen LogP contribution in [0.2, 0.25) is 0 Å². The molecule has 134 valence electrons. The molecule has 0 atom stereocenters. The van der Waals surface area contributed by atoms with Gasteiger partial charge in [0.2, 0.25) is 0 Å². The lowest BCUT2D eigenvalue weighted by Gasteiger charge is -2.28. The Morgan fingerprint density at radius 1 is 1.00 bits per heavy atom. The fourth-order valence-electron chi connectivity index (χ4n) is 3.68. The normalized spacial score (nSPS) is 20.6. The van der Waals surface area contributed by atoms with Gasteiger partial charge in [0.25, 0.3) is 0 Å². The number of ether oxygens (including phenoxy) is 2. The number of carbonyl (C=O) groups excluding carboxylic acids is 1. The molecule has 0 aromatic heterocycles. The van der Waals surface area contributed by atoms with Crippen LogP contribution in [0.1, 0.15) is 75.6 Å².